The summed E-state index contributed by atoms with van der Waals surface area (Å²) in [4.78, 5) is 32.3. The fourth-order valence-electron chi connectivity index (χ4n) is 3.83. The monoisotopic (exact) mass is 423 g/mol. The Bertz CT molecular complexity index is 1180. The first-order valence-electron chi connectivity index (χ1n) is 9.79. The molecule has 1 aliphatic rings. The third kappa shape index (κ3) is 3.20. The number of carbonyl (C=O) groups is 1. The topological polar surface area (TPSA) is 97.1 Å². The molecular weight excluding hydrogens is 402 g/mol. The molecule has 0 unspecified atom stereocenters. The summed E-state index contributed by atoms with van der Waals surface area (Å²) in [6, 6.07) is 7.62. The Morgan fingerprint density at radius 1 is 1.37 bits per heavy atom. The molecule has 0 saturated carbocycles. The van der Waals surface area contributed by atoms with Crippen LogP contribution in [0.5, 0.6) is 0 Å². The van der Waals surface area contributed by atoms with Crippen molar-refractivity contribution in [2.24, 2.45) is 0 Å². The highest BCUT2D eigenvalue weighted by molar-refractivity contribution is 7.18. The number of H-pyrrole nitrogens is 1. The fraction of sp³-hybridized carbons (Fsp3) is 0.333. The molecule has 0 fully saturated rings. The highest BCUT2D eigenvalue weighted by Gasteiger charge is 2.38. The van der Waals surface area contributed by atoms with Crippen molar-refractivity contribution in [1.82, 2.24) is 24.8 Å². The minimum atomic E-state index is -0.364. The maximum Gasteiger partial charge on any atom is 0.292 e. The van der Waals surface area contributed by atoms with E-state index in [9.17, 15) is 4.79 Å². The normalized spacial score (nSPS) is 16.2. The van der Waals surface area contributed by atoms with Gasteiger partial charge in [-0.15, -0.1) is 11.3 Å². The molecule has 0 radical (unpaired) electrons. The van der Waals surface area contributed by atoms with Crippen molar-refractivity contribution in [3.63, 3.8) is 0 Å². The van der Waals surface area contributed by atoms with Gasteiger partial charge in [0.1, 0.15) is 11.0 Å². The van der Waals surface area contributed by atoms with Crippen LogP contribution in [0.1, 0.15) is 44.6 Å². The first-order chi connectivity index (χ1) is 14.7. The quantitative estimate of drug-likeness (QED) is 0.529. The molecule has 1 aliphatic heterocycles. The number of imidazole rings is 1. The zero-order valence-corrected chi connectivity index (χ0v) is 17.5. The van der Waals surface area contributed by atoms with Gasteiger partial charge in [-0.2, -0.15) is 0 Å². The van der Waals surface area contributed by atoms with E-state index in [1.807, 2.05) is 24.3 Å². The van der Waals surface area contributed by atoms with Crippen molar-refractivity contribution < 1.29 is 13.9 Å². The molecule has 8 nitrogen and oxygen atoms in total. The van der Waals surface area contributed by atoms with Gasteiger partial charge in [0.25, 0.3) is 5.91 Å². The van der Waals surface area contributed by atoms with E-state index < -0.39 is 0 Å². The van der Waals surface area contributed by atoms with Crippen LogP contribution >= 0.6 is 11.3 Å². The van der Waals surface area contributed by atoms with E-state index in [4.69, 9.17) is 14.1 Å². The van der Waals surface area contributed by atoms with E-state index in [-0.39, 0.29) is 17.7 Å². The van der Waals surface area contributed by atoms with Crippen LogP contribution < -0.4 is 0 Å². The van der Waals surface area contributed by atoms with Gasteiger partial charge in [-0.1, -0.05) is 12.1 Å². The predicted molar refractivity (Wildman–Crippen MR) is 112 cm³/mol. The molecule has 1 atom stereocenters. The van der Waals surface area contributed by atoms with Crippen molar-refractivity contribution in [3.8, 4) is 0 Å². The Balaban J connectivity index is 1.55. The average Bonchev–Trinajstić information content (AvgIpc) is 3.48. The van der Waals surface area contributed by atoms with Crippen LogP contribution in [0.3, 0.4) is 0 Å². The highest BCUT2D eigenvalue weighted by atomic mass is 32.1. The van der Waals surface area contributed by atoms with E-state index in [2.05, 4.69) is 15.0 Å². The Hall–Kier alpha value is -3.04. The molecule has 0 saturated heterocycles. The minimum absolute atomic E-state index is 0.193. The third-order valence-electron chi connectivity index (χ3n) is 5.29. The number of fused-ring (bicyclic) bond motifs is 2. The lowest BCUT2D eigenvalue weighted by molar-refractivity contribution is 0.0654. The van der Waals surface area contributed by atoms with E-state index in [1.165, 1.54) is 0 Å². The van der Waals surface area contributed by atoms with Gasteiger partial charge in [-0.3, -0.25) is 4.79 Å². The average molecular weight is 423 g/mol. The maximum atomic E-state index is 13.5. The summed E-state index contributed by atoms with van der Waals surface area (Å²) in [6.45, 7) is 2.83. The summed E-state index contributed by atoms with van der Waals surface area (Å²) >= 11 is 1.59. The summed E-state index contributed by atoms with van der Waals surface area (Å²) in [5.41, 5.74) is 3.39. The summed E-state index contributed by atoms with van der Waals surface area (Å²) in [6.07, 6.45) is 2.91. The summed E-state index contributed by atoms with van der Waals surface area (Å²) in [7, 11) is 1.62. The minimum Gasteiger partial charge on any atom is -0.435 e. The second-order valence-corrected chi connectivity index (χ2v) is 8.26. The number of thiazole rings is 1. The van der Waals surface area contributed by atoms with Crippen LogP contribution in [0.4, 0.5) is 0 Å². The maximum absolute atomic E-state index is 13.5. The van der Waals surface area contributed by atoms with Gasteiger partial charge in [-0.25, -0.2) is 15.0 Å². The zero-order valence-electron chi connectivity index (χ0n) is 16.7. The molecule has 30 heavy (non-hydrogen) atoms. The number of amides is 1. The Labute approximate surface area is 176 Å². The molecule has 0 aliphatic carbocycles. The Morgan fingerprint density at radius 3 is 3.07 bits per heavy atom. The molecule has 9 heteroatoms. The van der Waals surface area contributed by atoms with Gasteiger partial charge < -0.3 is 19.0 Å². The Morgan fingerprint density at radius 2 is 2.23 bits per heavy atom. The third-order valence-corrected chi connectivity index (χ3v) is 6.37. The lowest BCUT2D eigenvalue weighted by Gasteiger charge is -2.33. The molecule has 1 aromatic carbocycles. The number of nitrogens with zero attached hydrogens (tertiary/aromatic N) is 4. The second kappa shape index (κ2) is 7.66. The van der Waals surface area contributed by atoms with Gasteiger partial charge in [0.05, 0.1) is 34.5 Å². The van der Waals surface area contributed by atoms with E-state index in [0.717, 1.165) is 26.6 Å². The number of oxazole rings is 1. The van der Waals surface area contributed by atoms with E-state index >= 15 is 0 Å². The van der Waals surface area contributed by atoms with Gasteiger partial charge >= 0.3 is 0 Å². The van der Waals surface area contributed by atoms with E-state index in [0.29, 0.717) is 37.6 Å². The molecule has 1 N–H and O–H groups in total. The number of aromatic amines is 1. The first-order valence-corrected chi connectivity index (χ1v) is 10.6. The van der Waals surface area contributed by atoms with Crippen LogP contribution in [0, 0.1) is 6.92 Å². The number of nitrogens with one attached hydrogen (secondary N) is 1. The standard InChI is InChI=1S/C21H21N5O3S/c1-12-19(29-16(24-12)8-10-28-2)21(27)26-9-7-14-17(23-11-22-14)18(26)20-25-13-5-3-4-6-15(13)30-20/h3-6,11,18H,7-10H2,1-2H3,(H,22,23)/t18-/m0/s1. The number of aromatic nitrogens is 4. The molecule has 154 valence electrons. The molecule has 5 rings (SSSR count). The number of carbonyl (C=O) groups excluding carboxylic acids is 1. The van der Waals surface area contributed by atoms with Crippen molar-refractivity contribution in [3.05, 3.63) is 64.3 Å². The number of para-hydroxylation sites is 1. The molecule has 3 aromatic heterocycles. The van der Waals surface area contributed by atoms with Gasteiger partial charge in [-0.05, 0) is 19.1 Å². The second-order valence-electron chi connectivity index (χ2n) is 7.20. The lowest BCUT2D eigenvalue weighted by atomic mass is 10.0. The van der Waals surface area contributed by atoms with Crippen molar-refractivity contribution >= 4 is 27.5 Å². The van der Waals surface area contributed by atoms with Crippen molar-refractivity contribution in [2.75, 3.05) is 20.3 Å². The molecule has 4 heterocycles. The summed E-state index contributed by atoms with van der Waals surface area (Å²) in [5, 5.41) is 0.842. The summed E-state index contributed by atoms with van der Waals surface area (Å²) < 4.78 is 12.0. The van der Waals surface area contributed by atoms with Crippen molar-refractivity contribution in [1.29, 1.82) is 0 Å². The smallest absolute Gasteiger partial charge is 0.292 e. The van der Waals surface area contributed by atoms with Crippen LogP contribution in [0.2, 0.25) is 0 Å². The first kappa shape index (κ1) is 19.0. The highest BCUT2D eigenvalue weighted by Crippen LogP contribution is 2.38. The Kier molecular flexibility index (Phi) is 4.84. The van der Waals surface area contributed by atoms with Crippen LogP contribution in [-0.2, 0) is 17.6 Å². The molecular formula is C21H21N5O3S. The molecule has 0 bridgehead atoms. The number of rotatable bonds is 5. The molecule has 0 spiro atoms. The van der Waals surface area contributed by atoms with Crippen LogP contribution in [0.15, 0.2) is 35.0 Å². The molecule has 1 amide bonds. The van der Waals surface area contributed by atoms with Crippen LogP contribution in [-0.4, -0.2) is 51.0 Å². The number of hydrogen-bond acceptors (Lipinski definition) is 7. The number of methoxy groups -OCH3 is 1. The number of ether oxygens (including phenoxy) is 1. The SMILES string of the molecule is COCCc1nc(C)c(C(=O)N2CCc3[nH]cnc3[C@H]2c2nc3ccccc3s2)o1. The number of hydrogen-bond donors (Lipinski definition) is 1. The summed E-state index contributed by atoms with van der Waals surface area (Å²) in [5.74, 6) is 0.583. The van der Waals surface area contributed by atoms with Crippen LogP contribution in [0.25, 0.3) is 10.2 Å². The lowest BCUT2D eigenvalue weighted by Crippen LogP contribution is -2.40. The predicted octanol–water partition coefficient (Wildman–Crippen LogP) is 3.29. The van der Waals surface area contributed by atoms with Gasteiger partial charge in [0.15, 0.2) is 5.89 Å². The zero-order chi connectivity index (χ0) is 20.7. The largest absolute Gasteiger partial charge is 0.435 e. The van der Waals surface area contributed by atoms with Crippen molar-refractivity contribution in [2.45, 2.75) is 25.8 Å². The van der Waals surface area contributed by atoms with Gasteiger partial charge in [0.2, 0.25) is 5.76 Å². The number of aryl methyl sites for hydroxylation is 1. The fourth-order valence-corrected chi connectivity index (χ4v) is 4.91. The van der Waals surface area contributed by atoms with E-state index in [1.54, 1.807) is 36.6 Å². The molecule has 4 aromatic rings. The number of benzene rings is 1. The van der Waals surface area contributed by atoms with Gasteiger partial charge in [0, 0.05) is 32.2 Å².